The van der Waals surface area contributed by atoms with Gasteiger partial charge in [-0.05, 0) is 12.1 Å². The van der Waals surface area contributed by atoms with Crippen LogP contribution in [-0.4, -0.2) is 42.1 Å². The average molecular weight is 280 g/mol. The van der Waals surface area contributed by atoms with E-state index < -0.39 is 30.4 Å². The molecule has 0 spiro atoms. The van der Waals surface area contributed by atoms with Crippen molar-refractivity contribution >= 4 is 11.9 Å². The van der Waals surface area contributed by atoms with Crippen molar-refractivity contribution in [1.82, 2.24) is 0 Å². The van der Waals surface area contributed by atoms with Crippen LogP contribution in [0.2, 0.25) is 0 Å². The van der Waals surface area contributed by atoms with Crippen LogP contribution in [0.15, 0.2) is 30.3 Å². The van der Waals surface area contributed by atoms with Crippen LogP contribution < -0.4 is 0 Å². The molecule has 6 nitrogen and oxygen atoms in total. The molecular weight excluding hydrogens is 264 g/mol. The van der Waals surface area contributed by atoms with E-state index in [0.29, 0.717) is 12.0 Å². The summed E-state index contributed by atoms with van der Waals surface area (Å²) in [6.07, 6.45) is -2.09. The zero-order valence-corrected chi connectivity index (χ0v) is 11.0. The number of ether oxygens (including phenoxy) is 3. The monoisotopic (exact) mass is 280 g/mol. The molecule has 0 aliphatic carbocycles. The Bertz CT molecular complexity index is 472. The second-order valence-electron chi connectivity index (χ2n) is 4.50. The highest BCUT2D eigenvalue weighted by atomic mass is 16.7. The molecule has 0 bridgehead atoms. The molecule has 0 aromatic heterocycles. The molecule has 0 saturated carbocycles. The van der Waals surface area contributed by atoms with Crippen molar-refractivity contribution in [2.24, 2.45) is 0 Å². The van der Waals surface area contributed by atoms with Gasteiger partial charge in [-0.1, -0.05) is 18.2 Å². The van der Waals surface area contributed by atoms with E-state index in [-0.39, 0.29) is 6.61 Å². The van der Waals surface area contributed by atoms with Crippen molar-refractivity contribution in [2.75, 3.05) is 6.61 Å². The van der Waals surface area contributed by atoms with Crippen LogP contribution in [0.5, 0.6) is 0 Å². The molecule has 1 aliphatic rings. The smallest absolute Gasteiger partial charge is 0.338 e. The van der Waals surface area contributed by atoms with E-state index in [4.69, 9.17) is 14.2 Å². The average Bonchev–Trinajstić information content (AvgIpc) is 2.77. The summed E-state index contributed by atoms with van der Waals surface area (Å²) in [6, 6.07) is 8.58. The Morgan fingerprint density at radius 2 is 2.05 bits per heavy atom. The lowest BCUT2D eigenvalue weighted by atomic mass is 10.2. The molecule has 2 rings (SSSR count). The van der Waals surface area contributed by atoms with Crippen molar-refractivity contribution in [1.29, 1.82) is 0 Å². The van der Waals surface area contributed by atoms with E-state index in [1.807, 2.05) is 0 Å². The first-order valence-electron chi connectivity index (χ1n) is 6.29. The molecule has 0 radical (unpaired) electrons. The minimum absolute atomic E-state index is 0.00253. The van der Waals surface area contributed by atoms with Crippen LogP contribution >= 0.6 is 0 Å². The molecule has 0 unspecified atom stereocenters. The fraction of sp³-hybridized carbons (Fsp3) is 0.429. The van der Waals surface area contributed by atoms with Gasteiger partial charge in [0.1, 0.15) is 6.61 Å². The number of aliphatic hydroxyl groups is 1. The van der Waals surface area contributed by atoms with Gasteiger partial charge < -0.3 is 19.3 Å². The third kappa shape index (κ3) is 3.79. The number of esters is 2. The zero-order valence-electron chi connectivity index (χ0n) is 11.0. The summed E-state index contributed by atoms with van der Waals surface area (Å²) >= 11 is 0. The molecule has 1 N–H and O–H groups in total. The predicted molar refractivity (Wildman–Crippen MR) is 67.8 cm³/mol. The fourth-order valence-corrected chi connectivity index (χ4v) is 1.97. The molecule has 20 heavy (non-hydrogen) atoms. The van der Waals surface area contributed by atoms with E-state index in [1.165, 1.54) is 6.92 Å². The number of benzene rings is 1. The Hall–Kier alpha value is -1.92. The fourth-order valence-electron chi connectivity index (χ4n) is 1.97. The molecule has 1 fully saturated rings. The number of carbonyl (C=O) groups is 2. The Kier molecular flexibility index (Phi) is 4.70. The van der Waals surface area contributed by atoms with Gasteiger partial charge in [0.25, 0.3) is 0 Å². The van der Waals surface area contributed by atoms with Crippen LogP contribution in [0.4, 0.5) is 0 Å². The van der Waals surface area contributed by atoms with Gasteiger partial charge in [-0.15, -0.1) is 0 Å². The molecular formula is C14H16O6. The van der Waals surface area contributed by atoms with Crippen LogP contribution in [0.1, 0.15) is 23.7 Å². The first-order valence-corrected chi connectivity index (χ1v) is 6.29. The minimum atomic E-state index is -1.18. The highest BCUT2D eigenvalue weighted by Crippen LogP contribution is 2.22. The van der Waals surface area contributed by atoms with E-state index in [9.17, 15) is 14.7 Å². The first kappa shape index (κ1) is 14.5. The van der Waals surface area contributed by atoms with Gasteiger partial charge in [-0.2, -0.15) is 0 Å². The van der Waals surface area contributed by atoms with E-state index in [0.717, 1.165) is 0 Å². The second-order valence-corrected chi connectivity index (χ2v) is 4.50. The molecule has 1 aliphatic heterocycles. The quantitative estimate of drug-likeness (QED) is 0.825. The number of rotatable bonds is 4. The summed E-state index contributed by atoms with van der Waals surface area (Å²) in [4.78, 5) is 22.5. The number of hydrogen-bond donors (Lipinski definition) is 1. The van der Waals surface area contributed by atoms with Gasteiger partial charge in [-0.3, -0.25) is 4.79 Å². The van der Waals surface area contributed by atoms with Gasteiger partial charge >= 0.3 is 11.9 Å². The number of carbonyl (C=O) groups excluding carboxylic acids is 2. The SMILES string of the molecule is CC(=O)O[C@@H]1C[C@H](COC(=O)c2ccccc2)O[C@H]1O. The lowest BCUT2D eigenvalue weighted by molar-refractivity contribution is -0.168. The first-order chi connectivity index (χ1) is 9.56. The maximum absolute atomic E-state index is 11.7. The van der Waals surface area contributed by atoms with Gasteiger partial charge in [0.2, 0.25) is 0 Å². The number of hydrogen-bond acceptors (Lipinski definition) is 6. The van der Waals surface area contributed by atoms with Gasteiger partial charge in [0.15, 0.2) is 12.4 Å². The standard InChI is InChI=1S/C14H16O6/c1-9(15)19-12-7-11(20-14(12)17)8-18-13(16)10-5-3-2-4-6-10/h2-6,11-12,14,17H,7-8H2,1H3/t11-,12-,14-/m1/s1. The van der Waals surface area contributed by atoms with Crippen molar-refractivity contribution in [2.45, 2.75) is 31.8 Å². The Labute approximate surface area is 116 Å². The molecule has 1 saturated heterocycles. The van der Waals surface area contributed by atoms with Crippen LogP contribution in [0.25, 0.3) is 0 Å². The van der Waals surface area contributed by atoms with Gasteiger partial charge in [-0.25, -0.2) is 4.79 Å². The minimum Gasteiger partial charge on any atom is -0.459 e. The van der Waals surface area contributed by atoms with Crippen molar-refractivity contribution < 1.29 is 28.9 Å². The highest BCUT2D eigenvalue weighted by molar-refractivity contribution is 5.89. The summed E-state index contributed by atoms with van der Waals surface area (Å²) in [7, 11) is 0. The van der Waals surface area contributed by atoms with Gasteiger partial charge in [0, 0.05) is 13.3 Å². The lowest BCUT2D eigenvalue weighted by Gasteiger charge is -2.11. The Balaban J connectivity index is 1.81. The molecule has 6 heteroatoms. The van der Waals surface area contributed by atoms with Gasteiger partial charge in [0.05, 0.1) is 11.7 Å². The molecule has 108 valence electrons. The molecule has 1 heterocycles. The molecule has 0 amide bonds. The maximum atomic E-state index is 11.7. The largest absolute Gasteiger partial charge is 0.459 e. The van der Waals surface area contributed by atoms with E-state index in [2.05, 4.69) is 0 Å². The van der Waals surface area contributed by atoms with Crippen molar-refractivity contribution in [3.8, 4) is 0 Å². The third-order valence-electron chi connectivity index (χ3n) is 2.87. The van der Waals surface area contributed by atoms with Crippen LogP contribution in [0.3, 0.4) is 0 Å². The highest BCUT2D eigenvalue weighted by Gasteiger charge is 2.36. The molecule has 1 aromatic rings. The summed E-state index contributed by atoms with van der Waals surface area (Å²) in [5.41, 5.74) is 0.447. The van der Waals surface area contributed by atoms with Crippen LogP contribution in [0, 0.1) is 0 Å². The number of aliphatic hydroxyl groups excluding tert-OH is 1. The van der Waals surface area contributed by atoms with Crippen molar-refractivity contribution in [3.63, 3.8) is 0 Å². The topological polar surface area (TPSA) is 82.1 Å². The summed E-state index contributed by atoms with van der Waals surface area (Å²) in [6.45, 7) is 1.26. The summed E-state index contributed by atoms with van der Waals surface area (Å²) < 4.78 is 15.2. The molecule has 3 atom stereocenters. The predicted octanol–water partition coefficient (Wildman–Crippen LogP) is 0.882. The third-order valence-corrected chi connectivity index (χ3v) is 2.87. The van der Waals surface area contributed by atoms with Crippen LogP contribution in [-0.2, 0) is 19.0 Å². The maximum Gasteiger partial charge on any atom is 0.338 e. The Morgan fingerprint density at radius 1 is 1.35 bits per heavy atom. The van der Waals surface area contributed by atoms with E-state index >= 15 is 0 Å². The van der Waals surface area contributed by atoms with E-state index in [1.54, 1.807) is 30.3 Å². The second kappa shape index (κ2) is 6.49. The normalized spacial score (nSPS) is 25.2. The van der Waals surface area contributed by atoms with Crippen molar-refractivity contribution in [3.05, 3.63) is 35.9 Å². The summed E-state index contributed by atoms with van der Waals surface area (Å²) in [5.74, 6) is -0.945. The molecule has 1 aromatic carbocycles. The Morgan fingerprint density at radius 3 is 2.70 bits per heavy atom. The lowest BCUT2D eigenvalue weighted by Crippen LogP contribution is -2.25. The zero-order chi connectivity index (χ0) is 14.5. The summed E-state index contributed by atoms with van der Waals surface area (Å²) in [5, 5.41) is 9.55.